The number of urea groups is 1. The lowest BCUT2D eigenvalue weighted by Gasteiger charge is -2.31. The molecule has 0 atom stereocenters. The van der Waals surface area contributed by atoms with E-state index in [1.54, 1.807) is 24.1 Å². The normalized spacial score (nSPS) is 15.8. The van der Waals surface area contributed by atoms with Gasteiger partial charge in [0.05, 0.1) is 0 Å². The molecular formula is C12H16FN3O. The van der Waals surface area contributed by atoms with Crippen LogP contribution in [0.1, 0.15) is 0 Å². The van der Waals surface area contributed by atoms with Crippen LogP contribution in [0.4, 0.5) is 14.9 Å². The van der Waals surface area contributed by atoms with Gasteiger partial charge in [-0.25, -0.2) is 9.18 Å². The van der Waals surface area contributed by atoms with Gasteiger partial charge in [0, 0.05) is 38.9 Å². The number of carbonyl (C=O) groups is 1. The molecule has 2 rings (SSSR count). The number of halogens is 1. The van der Waals surface area contributed by atoms with Crippen molar-refractivity contribution in [1.29, 1.82) is 0 Å². The van der Waals surface area contributed by atoms with Gasteiger partial charge in [0.25, 0.3) is 0 Å². The summed E-state index contributed by atoms with van der Waals surface area (Å²) in [6.45, 7) is 3.00. The molecule has 0 radical (unpaired) electrons. The van der Waals surface area contributed by atoms with Gasteiger partial charge in [0.1, 0.15) is 5.82 Å². The van der Waals surface area contributed by atoms with Crippen LogP contribution in [0.15, 0.2) is 24.3 Å². The smallest absolute Gasteiger partial charge is 0.322 e. The molecule has 1 N–H and O–H groups in total. The Hall–Kier alpha value is -1.62. The molecule has 0 saturated carbocycles. The zero-order chi connectivity index (χ0) is 12.3. The fourth-order valence-electron chi connectivity index (χ4n) is 1.86. The third kappa shape index (κ3) is 2.74. The van der Waals surface area contributed by atoms with E-state index in [-0.39, 0.29) is 11.8 Å². The number of hydrogen-bond donors (Lipinski definition) is 1. The molecule has 1 aromatic rings. The molecule has 17 heavy (non-hydrogen) atoms. The summed E-state index contributed by atoms with van der Waals surface area (Å²) < 4.78 is 13.1. The molecule has 92 valence electrons. The third-order valence-corrected chi connectivity index (χ3v) is 2.87. The average Bonchev–Trinajstić information content (AvgIpc) is 2.38. The van der Waals surface area contributed by atoms with Gasteiger partial charge in [0.15, 0.2) is 0 Å². The van der Waals surface area contributed by atoms with Crippen molar-refractivity contribution in [3.8, 4) is 0 Å². The van der Waals surface area contributed by atoms with Crippen molar-refractivity contribution in [3.63, 3.8) is 0 Å². The molecule has 0 spiro atoms. The number of hydrogen-bond acceptors (Lipinski definition) is 2. The van der Waals surface area contributed by atoms with E-state index in [0.717, 1.165) is 13.1 Å². The van der Waals surface area contributed by atoms with Crippen molar-refractivity contribution in [2.45, 2.75) is 0 Å². The standard InChI is InChI=1S/C12H16FN3O/c1-15(11-4-2-3-10(13)9-11)12(17)16-7-5-14-6-8-16/h2-4,9,14H,5-8H2,1H3. The molecule has 4 nitrogen and oxygen atoms in total. The Morgan fingerprint density at radius 3 is 2.76 bits per heavy atom. The van der Waals surface area contributed by atoms with Crippen molar-refractivity contribution in [1.82, 2.24) is 10.2 Å². The Morgan fingerprint density at radius 1 is 1.41 bits per heavy atom. The number of anilines is 1. The lowest BCUT2D eigenvalue weighted by Crippen LogP contribution is -2.50. The topological polar surface area (TPSA) is 35.6 Å². The molecular weight excluding hydrogens is 221 g/mol. The van der Waals surface area contributed by atoms with Crippen LogP contribution in [0.25, 0.3) is 0 Å². The number of amides is 2. The third-order valence-electron chi connectivity index (χ3n) is 2.87. The summed E-state index contributed by atoms with van der Waals surface area (Å²) in [5.41, 5.74) is 0.577. The minimum Gasteiger partial charge on any atom is -0.322 e. The van der Waals surface area contributed by atoms with Crippen LogP contribution < -0.4 is 10.2 Å². The van der Waals surface area contributed by atoms with Gasteiger partial charge in [-0.05, 0) is 18.2 Å². The Labute approximate surface area is 100 Å². The van der Waals surface area contributed by atoms with E-state index in [1.807, 2.05) is 0 Å². The van der Waals surface area contributed by atoms with Crippen LogP contribution in [0.5, 0.6) is 0 Å². The van der Waals surface area contributed by atoms with Gasteiger partial charge >= 0.3 is 6.03 Å². The maximum atomic E-state index is 13.1. The van der Waals surface area contributed by atoms with E-state index in [0.29, 0.717) is 18.8 Å². The molecule has 0 unspecified atom stereocenters. The first-order chi connectivity index (χ1) is 8.18. The first-order valence-corrected chi connectivity index (χ1v) is 5.67. The summed E-state index contributed by atoms with van der Waals surface area (Å²) in [7, 11) is 1.67. The van der Waals surface area contributed by atoms with Crippen molar-refractivity contribution in [2.75, 3.05) is 38.1 Å². The Bertz CT molecular complexity index is 404. The second kappa shape index (κ2) is 5.14. The molecule has 1 heterocycles. The molecule has 0 aromatic heterocycles. The Balaban J connectivity index is 2.08. The average molecular weight is 237 g/mol. The summed E-state index contributed by atoms with van der Waals surface area (Å²) in [6.07, 6.45) is 0. The molecule has 5 heteroatoms. The zero-order valence-corrected chi connectivity index (χ0v) is 9.82. The van der Waals surface area contributed by atoms with Gasteiger partial charge in [-0.15, -0.1) is 0 Å². The highest BCUT2D eigenvalue weighted by Gasteiger charge is 2.20. The number of piperazine rings is 1. The maximum Gasteiger partial charge on any atom is 0.324 e. The minimum absolute atomic E-state index is 0.0860. The highest BCUT2D eigenvalue weighted by atomic mass is 19.1. The highest BCUT2D eigenvalue weighted by molar-refractivity contribution is 5.91. The van der Waals surface area contributed by atoms with Crippen molar-refractivity contribution < 1.29 is 9.18 Å². The van der Waals surface area contributed by atoms with E-state index in [2.05, 4.69) is 5.32 Å². The van der Waals surface area contributed by atoms with Crippen molar-refractivity contribution >= 4 is 11.7 Å². The van der Waals surface area contributed by atoms with Gasteiger partial charge in [-0.2, -0.15) is 0 Å². The second-order valence-electron chi connectivity index (χ2n) is 4.06. The number of benzene rings is 1. The molecule has 0 bridgehead atoms. The molecule has 1 aromatic carbocycles. The lowest BCUT2D eigenvalue weighted by atomic mass is 10.3. The molecule has 1 aliphatic heterocycles. The highest BCUT2D eigenvalue weighted by Crippen LogP contribution is 2.15. The summed E-state index contributed by atoms with van der Waals surface area (Å²) in [6, 6.07) is 5.97. The predicted octanol–water partition coefficient (Wildman–Crippen LogP) is 1.29. The summed E-state index contributed by atoms with van der Waals surface area (Å²) in [4.78, 5) is 15.4. The van der Waals surface area contributed by atoms with E-state index in [4.69, 9.17) is 0 Å². The first-order valence-electron chi connectivity index (χ1n) is 5.67. The molecule has 1 saturated heterocycles. The van der Waals surface area contributed by atoms with Crippen LogP contribution in [0.2, 0.25) is 0 Å². The van der Waals surface area contributed by atoms with Crippen LogP contribution in [0.3, 0.4) is 0 Å². The molecule has 1 fully saturated rings. The van der Waals surface area contributed by atoms with Crippen LogP contribution in [-0.4, -0.2) is 44.2 Å². The van der Waals surface area contributed by atoms with Gasteiger partial charge in [-0.1, -0.05) is 6.07 Å². The van der Waals surface area contributed by atoms with E-state index in [1.165, 1.54) is 17.0 Å². The molecule has 1 aliphatic rings. The number of nitrogens with one attached hydrogen (secondary N) is 1. The van der Waals surface area contributed by atoms with E-state index >= 15 is 0 Å². The quantitative estimate of drug-likeness (QED) is 0.798. The monoisotopic (exact) mass is 237 g/mol. The SMILES string of the molecule is CN(C(=O)N1CCNCC1)c1cccc(F)c1. The van der Waals surface area contributed by atoms with Crippen LogP contribution >= 0.6 is 0 Å². The zero-order valence-electron chi connectivity index (χ0n) is 9.82. The largest absolute Gasteiger partial charge is 0.324 e. The fraction of sp³-hybridized carbons (Fsp3) is 0.417. The first kappa shape index (κ1) is 11.9. The summed E-state index contributed by atoms with van der Waals surface area (Å²) >= 11 is 0. The van der Waals surface area contributed by atoms with E-state index < -0.39 is 0 Å². The van der Waals surface area contributed by atoms with Gasteiger partial charge in [0.2, 0.25) is 0 Å². The number of rotatable bonds is 1. The van der Waals surface area contributed by atoms with Gasteiger partial charge < -0.3 is 10.2 Å². The van der Waals surface area contributed by atoms with E-state index in [9.17, 15) is 9.18 Å². The summed E-state index contributed by atoms with van der Waals surface area (Å²) in [5, 5.41) is 3.18. The minimum atomic E-state index is -0.331. The van der Waals surface area contributed by atoms with Crippen molar-refractivity contribution in [3.05, 3.63) is 30.1 Å². The number of carbonyl (C=O) groups excluding carboxylic acids is 1. The predicted molar refractivity (Wildman–Crippen MR) is 64.6 cm³/mol. The second-order valence-corrected chi connectivity index (χ2v) is 4.06. The Morgan fingerprint density at radius 2 is 2.12 bits per heavy atom. The molecule has 0 aliphatic carbocycles. The molecule has 2 amide bonds. The number of nitrogens with zero attached hydrogens (tertiary/aromatic N) is 2. The van der Waals surface area contributed by atoms with Crippen LogP contribution in [-0.2, 0) is 0 Å². The van der Waals surface area contributed by atoms with Crippen LogP contribution in [0, 0.1) is 5.82 Å². The lowest BCUT2D eigenvalue weighted by molar-refractivity contribution is 0.198. The Kier molecular flexibility index (Phi) is 3.58. The van der Waals surface area contributed by atoms with Crippen molar-refractivity contribution in [2.24, 2.45) is 0 Å². The van der Waals surface area contributed by atoms with Gasteiger partial charge in [-0.3, -0.25) is 4.90 Å². The maximum absolute atomic E-state index is 13.1. The fourth-order valence-corrected chi connectivity index (χ4v) is 1.86. The summed E-state index contributed by atoms with van der Waals surface area (Å²) in [5.74, 6) is -0.331.